The van der Waals surface area contributed by atoms with Gasteiger partial charge in [0.1, 0.15) is 23.7 Å². The normalized spacial score (nSPS) is 22.8. The van der Waals surface area contributed by atoms with Crippen molar-refractivity contribution < 1.29 is 14.6 Å². The van der Waals surface area contributed by atoms with E-state index in [1.807, 2.05) is 13.0 Å². The summed E-state index contributed by atoms with van der Waals surface area (Å²) in [5, 5.41) is 10.1. The summed E-state index contributed by atoms with van der Waals surface area (Å²) < 4.78 is 12.5. The van der Waals surface area contributed by atoms with Crippen LogP contribution in [0.15, 0.2) is 15.0 Å². The molecule has 88 valence electrons. The second kappa shape index (κ2) is 4.55. The minimum atomic E-state index is -0.610. The number of hydrogen-bond donors (Lipinski definition) is 1. The standard InChI is InChI=1S/C11H12Br2O3/c1-3-6-10(14)8-9(13)7(15-2)4-5(12)11(8)16-6/h4,6,10,14H,3H2,1-2H3. The molecule has 5 heteroatoms. The van der Waals surface area contributed by atoms with E-state index >= 15 is 0 Å². The number of methoxy groups -OCH3 is 1. The molecule has 1 aromatic rings. The predicted molar refractivity (Wildman–Crippen MR) is 68.1 cm³/mol. The summed E-state index contributed by atoms with van der Waals surface area (Å²) in [5.41, 5.74) is 0.762. The van der Waals surface area contributed by atoms with Crippen molar-refractivity contribution in [1.82, 2.24) is 0 Å². The van der Waals surface area contributed by atoms with Crippen LogP contribution in [0.4, 0.5) is 0 Å². The van der Waals surface area contributed by atoms with Gasteiger partial charge in [-0.3, -0.25) is 0 Å². The Morgan fingerprint density at radius 1 is 1.50 bits per heavy atom. The Labute approximate surface area is 111 Å². The first-order chi connectivity index (χ1) is 7.60. The molecule has 0 spiro atoms. The van der Waals surface area contributed by atoms with Crippen molar-refractivity contribution in [2.24, 2.45) is 0 Å². The largest absolute Gasteiger partial charge is 0.496 e. The van der Waals surface area contributed by atoms with Gasteiger partial charge in [-0.25, -0.2) is 0 Å². The topological polar surface area (TPSA) is 38.7 Å². The zero-order valence-electron chi connectivity index (χ0n) is 8.96. The molecule has 1 heterocycles. The number of fused-ring (bicyclic) bond motifs is 1. The van der Waals surface area contributed by atoms with E-state index in [0.717, 1.165) is 20.9 Å². The zero-order valence-corrected chi connectivity index (χ0v) is 12.1. The summed E-state index contributed by atoms with van der Waals surface area (Å²) in [5.74, 6) is 1.39. The van der Waals surface area contributed by atoms with Crippen LogP contribution in [0.3, 0.4) is 0 Å². The van der Waals surface area contributed by atoms with Gasteiger partial charge in [0.2, 0.25) is 0 Å². The highest BCUT2D eigenvalue weighted by Gasteiger charge is 2.36. The highest BCUT2D eigenvalue weighted by atomic mass is 79.9. The van der Waals surface area contributed by atoms with E-state index in [2.05, 4.69) is 31.9 Å². The molecule has 0 aromatic heterocycles. The third-order valence-electron chi connectivity index (χ3n) is 2.71. The minimum absolute atomic E-state index is 0.185. The van der Waals surface area contributed by atoms with E-state index < -0.39 is 6.10 Å². The molecule has 0 radical (unpaired) electrons. The molecule has 0 aliphatic carbocycles. The van der Waals surface area contributed by atoms with Crippen LogP contribution in [0.25, 0.3) is 0 Å². The van der Waals surface area contributed by atoms with Gasteiger partial charge >= 0.3 is 0 Å². The van der Waals surface area contributed by atoms with Gasteiger partial charge in [-0.05, 0) is 44.3 Å². The molecule has 0 bridgehead atoms. The molecule has 1 N–H and O–H groups in total. The van der Waals surface area contributed by atoms with E-state index in [1.54, 1.807) is 7.11 Å². The molecule has 2 rings (SSSR count). The fraction of sp³-hybridized carbons (Fsp3) is 0.455. The lowest BCUT2D eigenvalue weighted by Gasteiger charge is -2.11. The van der Waals surface area contributed by atoms with E-state index in [1.165, 1.54) is 0 Å². The Hall–Kier alpha value is -0.260. The van der Waals surface area contributed by atoms with Crippen molar-refractivity contribution in [2.45, 2.75) is 25.6 Å². The van der Waals surface area contributed by atoms with Gasteiger partial charge in [0.05, 0.1) is 16.1 Å². The highest BCUT2D eigenvalue weighted by molar-refractivity contribution is 9.11. The zero-order chi connectivity index (χ0) is 11.9. The van der Waals surface area contributed by atoms with Crippen LogP contribution in [-0.4, -0.2) is 18.3 Å². The summed E-state index contributed by atoms with van der Waals surface area (Å²) in [6.07, 6.45) is -0.0349. The van der Waals surface area contributed by atoms with Crippen LogP contribution in [0.5, 0.6) is 11.5 Å². The molecule has 2 unspecified atom stereocenters. The Balaban J connectivity index is 2.57. The average molecular weight is 352 g/mol. The molecule has 3 nitrogen and oxygen atoms in total. The van der Waals surface area contributed by atoms with Crippen molar-refractivity contribution >= 4 is 31.9 Å². The number of rotatable bonds is 2. The number of halogens is 2. The summed E-state index contributed by atoms with van der Waals surface area (Å²) in [6, 6.07) is 1.83. The molecular weight excluding hydrogens is 340 g/mol. The first-order valence-electron chi connectivity index (χ1n) is 5.00. The molecule has 0 saturated heterocycles. The van der Waals surface area contributed by atoms with Crippen LogP contribution in [0, 0.1) is 0 Å². The van der Waals surface area contributed by atoms with Crippen LogP contribution in [0.1, 0.15) is 25.0 Å². The van der Waals surface area contributed by atoms with Crippen LogP contribution < -0.4 is 9.47 Å². The lowest BCUT2D eigenvalue weighted by molar-refractivity contribution is 0.0648. The van der Waals surface area contributed by atoms with Crippen molar-refractivity contribution in [3.05, 3.63) is 20.6 Å². The molecule has 16 heavy (non-hydrogen) atoms. The van der Waals surface area contributed by atoms with Crippen molar-refractivity contribution in [1.29, 1.82) is 0 Å². The molecule has 0 amide bonds. The molecule has 0 saturated carbocycles. The van der Waals surface area contributed by atoms with Gasteiger partial charge in [0.15, 0.2) is 0 Å². The Kier molecular flexibility index (Phi) is 3.47. The molecule has 1 aromatic carbocycles. The third kappa shape index (κ3) is 1.75. The van der Waals surface area contributed by atoms with Gasteiger partial charge in [-0.1, -0.05) is 6.92 Å². The second-order valence-corrected chi connectivity index (χ2v) is 5.27. The highest BCUT2D eigenvalue weighted by Crippen LogP contribution is 2.49. The van der Waals surface area contributed by atoms with Gasteiger partial charge in [-0.15, -0.1) is 0 Å². The Bertz CT molecular complexity index is 420. The number of ether oxygens (including phenoxy) is 2. The summed E-state index contributed by atoms with van der Waals surface area (Å²) >= 11 is 6.86. The fourth-order valence-electron chi connectivity index (χ4n) is 1.85. The molecule has 1 aliphatic heterocycles. The van der Waals surface area contributed by atoms with Crippen molar-refractivity contribution in [3.8, 4) is 11.5 Å². The third-order valence-corrected chi connectivity index (χ3v) is 4.12. The smallest absolute Gasteiger partial charge is 0.141 e. The molecule has 1 aliphatic rings. The maximum atomic E-state index is 10.1. The van der Waals surface area contributed by atoms with Crippen molar-refractivity contribution in [2.75, 3.05) is 7.11 Å². The van der Waals surface area contributed by atoms with E-state index in [4.69, 9.17) is 9.47 Å². The minimum Gasteiger partial charge on any atom is -0.496 e. The lowest BCUT2D eigenvalue weighted by atomic mass is 10.1. The first-order valence-corrected chi connectivity index (χ1v) is 6.59. The Morgan fingerprint density at radius 2 is 2.19 bits per heavy atom. The quantitative estimate of drug-likeness (QED) is 0.887. The number of aliphatic hydroxyl groups excluding tert-OH is 1. The number of aliphatic hydroxyl groups is 1. The van der Waals surface area contributed by atoms with Gasteiger partial charge in [0, 0.05) is 5.56 Å². The molecule has 2 atom stereocenters. The molecule has 0 fully saturated rings. The summed E-state index contributed by atoms with van der Waals surface area (Å²) in [7, 11) is 1.60. The average Bonchev–Trinajstić information content (AvgIpc) is 2.61. The first kappa shape index (κ1) is 12.2. The summed E-state index contributed by atoms with van der Waals surface area (Å²) in [6.45, 7) is 1.98. The summed E-state index contributed by atoms with van der Waals surface area (Å²) in [4.78, 5) is 0. The van der Waals surface area contributed by atoms with Crippen LogP contribution in [-0.2, 0) is 0 Å². The second-order valence-electron chi connectivity index (χ2n) is 3.63. The Morgan fingerprint density at radius 3 is 2.75 bits per heavy atom. The monoisotopic (exact) mass is 350 g/mol. The van der Waals surface area contributed by atoms with E-state index in [0.29, 0.717) is 11.5 Å². The van der Waals surface area contributed by atoms with E-state index in [9.17, 15) is 5.11 Å². The van der Waals surface area contributed by atoms with E-state index in [-0.39, 0.29) is 6.10 Å². The fourth-order valence-corrected chi connectivity index (χ4v) is 3.05. The van der Waals surface area contributed by atoms with Gasteiger partial charge in [0.25, 0.3) is 0 Å². The number of benzene rings is 1. The van der Waals surface area contributed by atoms with Crippen LogP contribution >= 0.6 is 31.9 Å². The lowest BCUT2D eigenvalue weighted by Crippen LogP contribution is -2.16. The SMILES string of the molecule is CCC1Oc2c(Br)cc(OC)c(Br)c2C1O. The van der Waals surface area contributed by atoms with Crippen LogP contribution in [0.2, 0.25) is 0 Å². The maximum Gasteiger partial charge on any atom is 0.141 e. The predicted octanol–water partition coefficient (Wildman–Crippen LogP) is 3.42. The molecular formula is C11H12Br2O3. The number of hydrogen-bond acceptors (Lipinski definition) is 3. The van der Waals surface area contributed by atoms with Crippen molar-refractivity contribution in [3.63, 3.8) is 0 Å². The maximum absolute atomic E-state index is 10.1. The van der Waals surface area contributed by atoms with Gasteiger partial charge < -0.3 is 14.6 Å². The van der Waals surface area contributed by atoms with Gasteiger partial charge in [-0.2, -0.15) is 0 Å².